The van der Waals surface area contributed by atoms with Crippen molar-refractivity contribution in [2.75, 3.05) is 20.2 Å². The van der Waals surface area contributed by atoms with Crippen molar-refractivity contribution >= 4 is 11.8 Å². The third-order valence-electron chi connectivity index (χ3n) is 2.12. The molecule has 2 nitrogen and oxygen atoms in total. The lowest BCUT2D eigenvalue weighted by Gasteiger charge is -2.13. The number of hydrogen-bond donors (Lipinski definition) is 1. The van der Waals surface area contributed by atoms with Crippen molar-refractivity contribution in [1.82, 2.24) is 5.32 Å². The molecule has 0 radical (unpaired) electrons. The van der Waals surface area contributed by atoms with Crippen LogP contribution in [0.5, 0.6) is 5.75 Å². The van der Waals surface area contributed by atoms with Crippen molar-refractivity contribution in [3.05, 3.63) is 36.9 Å². The normalized spacial score (nSPS) is 12.1. The van der Waals surface area contributed by atoms with E-state index >= 15 is 0 Å². The second kappa shape index (κ2) is 7.36. The number of para-hydroxylation sites is 1. The van der Waals surface area contributed by atoms with Crippen molar-refractivity contribution in [2.45, 2.75) is 17.1 Å². The number of methoxy groups -OCH3 is 1. The van der Waals surface area contributed by atoms with Gasteiger partial charge in [-0.25, -0.2) is 0 Å². The quantitative estimate of drug-likeness (QED) is 0.447. The molecular weight excluding hydrogens is 218 g/mol. The molecule has 1 atom stereocenters. The number of benzene rings is 1. The first-order chi connectivity index (χ1) is 7.77. The molecule has 0 bridgehead atoms. The van der Waals surface area contributed by atoms with E-state index in [1.807, 2.05) is 36.0 Å². The van der Waals surface area contributed by atoms with Gasteiger partial charge in [0.05, 0.1) is 7.11 Å². The third kappa shape index (κ3) is 4.29. The lowest BCUT2D eigenvalue weighted by molar-refractivity contribution is 0.404. The van der Waals surface area contributed by atoms with Crippen molar-refractivity contribution in [2.24, 2.45) is 0 Å². The Labute approximate surface area is 102 Å². The van der Waals surface area contributed by atoms with Crippen LogP contribution in [0.3, 0.4) is 0 Å². The van der Waals surface area contributed by atoms with Crippen LogP contribution in [0, 0.1) is 0 Å². The summed E-state index contributed by atoms with van der Waals surface area (Å²) in [6.07, 6.45) is 1.88. The van der Waals surface area contributed by atoms with Gasteiger partial charge in [-0.05, 0) is 12.1 Å². The number of thioether (sulfide) groups is 1. The molecule has 0 aliphatic rings. The first-order valence-electron chi connectivity index (χ1n) is 5.39. The molecule has 1 rings (SSSR count). The molecule has 3 heteroatoms. The van der Waals surface area contributed by atoms with Gasteiger partial charge in [-0.15, -0.1) is 18.3 Å². The first kappa shape index (κ1) is 13.1. The molecule has 1 aromatic rings. The van der Waals surface area contributed by atoms with E-state index in [0.29, 0.717) is 5.25 Å². The summed E-state index contributed by atoms with van der Waals surface area (Å²) < 4.78 is 5.31. The molecule has 0 heterocycles. The molecule has 0 spiro atoms. The van der Waals surface area contributed by atoms with E-state index in [-0.39, 0.29) is 0 Å². The Balaban J connectivity index is 2.48. The maximum Gasteiger partial charge on any atom is 0.132 e. The summed E-state index contributed by atoms with van der Waals surface area (Å²) in [6.45, 7) is 7.71. The van der Waals surface area contributed by atoms with Gasteiger partial charge >= 0.3 is 0 Å². The Morgan fingerprint density at radius 2 is 2.25 bits per heavy atom. The summed E-state index contributed by atoms with van der Waals surface area (Å²) in [5, 5.41) is 3.82. The molecular formula is C13H19NOS. The SMILES string of the molecule is C=CCNCC(C)Sc1ccccc1OC. The van der Waals surface area contributed by atoms with Crippen molar-refractivity contribution in [3.63, 3.8) is 0 Å². The summed E-state index contributed by atoms with van der Waals surface area (Å²) in [4.78, 5) is 1.19. The van der Waals surface area contributed by atoms with Gasteiger partial charge in [0.2, 0.25) is 0 Å². The lowest BCUT2D eigenvalue weighted by atomic mass is 10.3. The lowest BCUT2D eigenvalue weighted by Crippen LogP contribution is -2.22. The highest BCUT2D eigenvalue weighted by molar-refractivity contribution is 8.00. The minimum Gasteiger partial charge on any atom is -0.496 e. The highest BCUT2D eigenvalue weighted by Gasteiger charge is 2.07. The second-order valence-corrected chi connectivity index (χ2v) is 5.01. The van der Waals surface area contributed by atoms with Crippen LogP contribution in [-0.2, 0) is 0 Å². The number of hydrogen-bond acceptors (Lipinski definition) is 3. The summed E-state index contributed by atoms with van der Waals surface area (Å²) in [5.41, 5.74) is 0. The van der Waals surface area contributed by atoms with E-state index in [9.17, 15) is 0 Å². The Kier molecular flexibility index (Phi) is 6.04. The highest BCUT2D eigenvalue weighted by Crippen LogP contribution is 2.31. The van der Waals surface area contributed by atoms with Crippen LogP contribution < -0.4 is 10.1 Å². The number of rotatable bonds is 7. The van der Waals surface area contributed by atoms with E-state index in [0.717, 1.165) is 18.8 Å². The van der Waals surface area contributed by atoms with Gasteiger partial charge in [-0.2, -0.15) is 0 Å². The second-order valence-electron chi connectivity index (χ2n) is 3.53. The average molecular weight is 237 g/mol. The maximum atomic E-state index is 5.31. The van der Waals surface area contributed by atoms with Gasteiger partial charge in [0.1, 0.15) is 5.75 Å². The Bertz CT molecular complexity index is 327. The Hall–Kier alpha value is -0.930. The predicted molar refractivity (Wildman–Crippen MR) is 71.4 cm³/mol. The zero-order valence-corrected chi connectivity index (χ0v) is 10.7. The van der Waals surface area contributed by atoms with Gasteiger partial charge in [0.15, 0.2) is 0 Å². The Morgan fingerprint density at radius 1 is 1.50 bits per heavy atom. The fourth-order valence-electron chi connectivity index (χ4n) is 1.36. The molecule has 0 fully saturated rings. The number of nitrogens with one attached hydrogen (secondary N) is 1. The fraction of sp³-hybridized carbons (Fsp3) is 0.385. The summed E-state index contributed by atoms with van der Waals surface area (Å²) in [6, 6.07) is 8.11. The predicted octanol–water partition coefficient (Wildman–Crippen LogP) is 2.95. The van der Waals surface area contributed by atoms with Gasteiger partial charge in [-0.3, -0.25) is 0 Å². The Morgan fingerprint density at radius 3 is 2.94 bits per heavy atom. The van der Waals surface area contributed by atoms with Crippen LogP contribution in [0.15, 0.2) is 41.8 Å². The molecule has 0 aromatic heterocycles. The molecule has 1 unspecified atom stereocenters. The minimum atomic E-state index is 0.510. The van der Waals surface area contributed by atoms with Crippen LogP contribution in [-0.4, -0.2) is 25.4 Å². The molecule has 0 amide bonds. The van der Waals surface area contributed by atoms with Crippen molar-refractivity contribution in [1.29, 1.82) is 0 Å². The molecule has 1 aromatic carbocycles. The topological polar surface area (TPSA) is 21.3 Å². The number of ether oxygens (including phenoxy) is 1. The molecule has 0 saturated carbocycles. The van der Waals surface area contributed by atoms with E-state index in [2.05, 4.69) is 24.9 Å². The van der Waals surface area contributed by atoms with Crippen LogP contribution in [0.4, 0.5) is 0 Å². The molecule has 0 saturated heterocycles. The van der Waals surface area contributed by atoms with Gasteiger partial charge in [0.25, 0.3) is 0 Å². The van der Waals surface area contributed by atoms with E-state index in [4.69, 9.17) is 4.74 Å². The van der Waals surface area contributed by atoms with Crippen LogP contribution >= 0.6 is 11.8 Å². The van der Waals surface area contributed by atoms with Crippen LogP contribution in [0.1, 0.15) is 6.92 Å². The highest BCUT2D eigenvalue weighted by atomic mass is 32.2. The van der Waals surface area contributed by atoms with Crippen LogP contribution in [0.2, 0.25) is 0 Å². The molecule has 1 N–H and O–H groups in total. The minimum absolute atomic E-state index is 0.510. The van der Waals surface area contributed by atoms with E-state index in [1.54, 1.807) is 7.11 Å². The zero-order chi connectivity index (χ0) is 11.8. The average Bonchev–Trinajstić information content (AvgIpc) is 2.30. The summed E-state index contributed by atoms with van der Waals surface area (Å²) in [5.74, 6) is 0.947. The van der Waals surface area contributed by atoms with Crippen molar-refractivity contribution in [3.8, 4) is 5.75 Å². The van der Waals surface area contributed by atoms with Crippen molar-refractivity contribution < 1.29 is 4.74 Å². The third-order valence-corrected chi connectivity index (χ3v) is 3.28. The summed E-state index contributed by atoms with van der Waals surface area (Å²) in [7, 11) is 1.71. The van der Waals surface area contributed by atoms with Crippen LogP contribution in [0.25, 0.3) is 0 Å². The van der Waals surface area contributed by atoms with E-state index in [1.165, 1.54) is 4.90 Å². The smallest absolute Gasteiger partial charge is 0.132 e. The first-order valence-corrected chi connectivity index (χ1v) is 6.27. The van der Waals surface area contributed by atoms with Gasteiger partial charge in [-0.1, -0.05) is 25.1 Å². The maximum absolute atomic E-state index is 5.31. The molecule has 0 aliphatic heterocycles. The van der Waals surface area contributed by atoms with E-state index < -0.39 is 0 Å². The molecule has 16 heavy (non-hydrogen) atoms. The summed E-state index contributed by atoms with van der Waals surface area (Å²) >= 11 is 1.82. The standard InChI is InChI=1S/C13H19NOS/c1-4-9-14-10-11(2)16-13-8-6-5-7-12(13)15-3/h4-8,11,14H,1,9-10H2,2-3H3. The molecule has 88 valence electrons. The van der Waals surface area contributed by atoms with Gasteiger partial charge < -0.3 is 10.1 Å². The monoisotopic (exact) mass is 237 g/mol. The zero-order valence-electron chi connectivity index (χ0n) is 9.90. The largest absolute Gasteiger partial charge is 0.496 e. The van der Waals surface area contributed by atoms with Gasteiger partial charge in [0, 0.05) is 23.2 Å². The molecule has 0 aliphatic carbocycles. The fourth-order valence-corrected chi connectivity index (χ4v) is 2.42.